The Bertz CT molecular complexity index is 597. The average molecular weight is 269 g/mol. The molecule has 1 aromatic heterocycles. The van der Waals surface area contributed by atoms with Gasteiger partial charge in [0, 0.05) is 17.9 Å². The molecule has 20 heavy (non-hydrogen) atoms. The number of hydrogen-bond acceptors (Lipinski definition) is 4. The Morgan fingerprint density at radius 1 is 1.05 bits per heavy atom. The Kier molecular flexibility index (Phi) is 2.84. The molecule has 4 nitrogen and oxygen atoms in total. The molecule has 2 aliphatic rings. The van der Waals surface area contributed by atoms with Crippen LogP contribution in [0.3, 0.4) is 0 Å². The fourth-order valence-corrected chi connectivity index (χ4v) is 3.56. The highest BCUT2D eigenvalue weighted by atomic mass is 16.5. The summed E-state index contributed by atoms with van der Waals surface area (Å²) in [6, 6.07) is 8.90. The Hall–Kier alpha value is -1.68. The summed E-state index contributed by atoms with van der Waals surface area (Å²) in [6.07, 6.45) is 5.18. The van der Waals surface area contributed by atoms with Crippen molar-refractivity contribution in [3.05, 3.63) is 47.1 Å². The summed E-state index contributed by atoms with van der Waals surface area (Å²) in [5, 5.41) is 4.22. The van der Waals surface area contributed by atoms with Gasteiger partial charge in [-0.2, -0.15) is 4.98 Å². The van der Waals surface area contributed by atoms with E-state index in [9.17, 15) is 0 Å². The number of hydrogen-bond donors (Lipinski definition) is 1. The van der Waals surface area contributed by atoms with E-state index < -0.39 is 0 Å². The van der Waals surface area contributed by atoms with E-state index >= 15 is 0 Å². The second-order valence-corrected chi connectivity index (χ2v) is 6.13. The zero-order chi connectivity index (χ0) is 13.5. The molecule has 0 spiro atoms. The van der Waals surface area contributed by atoms with Crippen LogP contribution in [0.2, 0.25) is 0 Å². The topological polar surface area (TPSA) is 64.9 Å². The van der Waals surface area contributed by atoms with Crippen molar-refractivity contribution >= 4 is 0 Å². The minimum Gasteiger partial charge on any atom is -0.339 e. The lowest BCUT2D eigenvalue weighted by Crippen LogP contribution is -2.14. The maximum atomic E-state index is 5.96. The van der Waals surface area contributed by atoms with Crippen molar-refractivity contribution in [2.24, 2.45) is 5.73 Å². The summed E-state index contributed by atoms with van der Waals surface area (Å²) in [7, 11) is 0. The van der Waals surface area contributed by atoms with Gasteiger partial charge in [-0.25, -0.2) is 0 Å². The maximum absolute atomic E-state index is 5.96. The van der Waals surface area contributed by atoms with Crippen LogP contribution in [0.4, 0.5) is 0 Å². The summed E-state index contributed by atoms with van der Waals surface area (Å²) in [6.45, 7) is 0. The van der Waals surface area contributed by atoms with Crippen LogP contribution in [0.5, 0.6) is 0 Å². The van der Waals surface area contributed by atoms with Gasteiger partial charge in [-0.15, -0.1) is 0 Å². The molecule has 0 radical (unpaired) electrons. The highest BCUT2D eigenvalue weighted by molar-refractivity contribution is 5.34. The predicted octanol–water partition coefficient (Wildman–Crippen LogP) is 2.55. The Balaban J connectivity index is 1.52. The second-order valence-electron chi connectivity index (χ2n) is 6.13. The van der Waals surface area contributed by atoms with Crippen molar-refractivity contribution in [1.82, 2.24) is 10.1 Å². The zero-order valence-corrected chi connectivity index (χ0v) is 11.5. The van der Waals surface area contributed by atoms with Crippen LogP contribution < -0.4 is 5.73 Å². The first-order valence-corrected chi connectivity index (χ1v) is 7.45. The normalized spacial score (nSPS) is 26.1. The van der Waals surface area contributed by atoms with Crippen LogP contribution in [0.1, 0.15) is 53.9 Å². The first-order valence-electron chi connectivity index (χ1n) is 7.45. The van der Waals surface area contributed by atoms with Crippen molar-refractivity contribution in [2.75, 3.05) is 0 Å². The van der Waals surface area contributed by atoms with E-state index in [1.165, 1.54) is 11.1 Å². The third-order valence-corrected chi connectivity index (χ3v) is 4.70. The highest BCUT2D eigenvalue weighted by Crippen LogP contribution is 2.36. The van der Waals surface area contributed by atoms with E-state index in [1.54, 1.807) is 0 Å². The quantitative estimate of drug-likeness (QED) is 0.910. The second kappa shape index (κ2) is 4.70. The summed E-state index contributed by atoms with van der Waals surface area (Å²) < 4.78 is 5.49. The molecule has 2 aliphatic carbocycles. The van der Waals surface area contributed by atoms with Crippen molar-refractivity contribution in [3.63, 3.8) is 0 Å². The zero-order valence-electron chi connectivity index (χ0n) is 11.5. The molecule has 1 fully saturated rings. The van der Waals surface area contributed by atoms with Crippen molar-refractivity contribution in [1.29, 1.82) is 0 Å². The standard InChI is InChI=1S/C16H19N3O/c17-14-6-5-12(9-14)16-18-15(19-20-16)13-7-10-3-1-2-4-11(10)8-13/h1-4,12-14H,5-9,17H2/t12-,14+/m1/s1. The third-order valence-electron chi connectivity index (χ3n) is 4.70. The lowest BCUT2D eigenvalue weighted by Gasteiger charge is -2.03. The van der Waals surface area contributed by atoms with E-state index in [0.717, 1.165) is 43.8 Å². The smallest absolute Gasteiger partial charge is 0.229 e. The molecule has 1 saturated carbocycles. The molecule has 0 aliphatic heterocycles. The molecule has 0 unspecified atom stereocenters. The van der Waals surface area contributed by atoms with Gasteiger partial charge in [0.2, 0.25) is 5.89 Å². The summed E-state index contributed by atoms with van der Waals surface area (Å²) in [4.78, 5) is 4.66. The number of aromatic nitrogens is 2. The monoisotopic (exact) mass is 269 g/mol. The van der Waals surface area contributed by atoms with E-state index in [4.69, 9.17) is 10.3 Å². The number of nitrogens with zero attached hydrogens (tertiary/aromatic N) is 2. The number of nitrogens with two attached hydrogens (primary N) is 1. The molecule has 0 amide bonds. The van der Waals surface area contributed by atoms with Gasteiger partial charge in [-0.05, 0) is 43.2 Å². The summed E-state index contributed by atoms with van der Waals surface area (Å²) in [5.74, 6) is 2.41. The molecule has 2 atom stereocenters. The van der Waals surface area contributed by atoms with Crippen LogP contribution in [-0.4, -0.2) is 16.2 Å². The minimum atomic E-state index is 0.297. The van der Waals surface area contributed by atoms with Gasteiger partial charge in [0.15, 0.2) is 5.82 Å². The van der Waals surface area contributed by atoms with E-state index in [1.807, 2.05) is 0 Å². The summed E-state index contributed by atoms with van der Waals surface area (Å²) >= 11 is 0. The van der Waals surface area contributed by atoms with Crippen LogP contribution in [0, 0.1) is 0 Å². The molecule has 0 saturated heterocycles. The van der Waals surface area contributed by atoms with Crippen molar-refractivity contribution in [3.8, 4) is 0 Å². The summed E-state index contributed by atoms with van der Waals surface area (Å²) in [5.41, 5.74) is 8.80. The average Bonchev–Trinajstić information content (AvgIpc) is 3.16. The van der Waals surface area contributed by atoms with Gasteiger partial charge >= 0.3 is 0 Å². The molecular formula is C16H19N3O. The van der Waals surface area contributed by atoms with Gasteiger partial charge < -0.3 is 10.3 Å². The largest absolute Gasteiger partial charge is 0.339 e. The molecule has 2 N–H and O–H groups in total. The van der Waals surface area contributed by atoms with Crippen LogP contribution in [0.25, 0.3) is 0 Å². The first kappa shape index (κ1) is 12.1. The van der Waals surface area contributed by atoms with Gasteiger partial charge in [0.1, 0.15) is 0 Å². The van der Waals surface area contributed by atoms with Crippen LogP contribution in [0.15, 0.2) is 28.8 Å². The Labute approximate surface area is 118 Å². The van der Waals surface area contributed by atoms with E-state index in [2.05, 4.69) is 34.4 Å². The predicted molar refractivity (Wildman–Crippen MR) is 75.5 cm³/mol. The van der Waals surface area contributed by atoms with Crippen molar-refractivity contribution < 1.29 is 4.52 Å². The number of fused-ring (bicyclic) bond motifs is 1. The molecule has 1 aromatic carbocycles. The Morgan fingerprint density at radius 3 is 2.45 bits per heavy atom. The van der Waals surface area contributed by atoms with E-state index in [-0.39, 0.29) is 0 Å². The molecule has 0 bridgehead atoms. The van der Waals surface area contributed by atoms with Crippen LogP contribution >= 0.6 is 0 Å². The lowest BCUT2D eigenvalue weighted by atomic mass is 10.1. The lowest BCUT2D eigenvalue weighted by molar-refractivity contribution is 0.347. The van der Waals surface area contributed by atoms with Gasteiger partial charge in [0.25, 0.3) is 0 Å². The van der Waals surface area contributed by atoms with Gasteiger partial charge in [-0.3, -0.25) is 0 Å². The van der Waals surface area contributed by atoms with Gasteiger partial charge in [-0.1, -0.05) is 29.4 Å². The minimum absolute atomic E-state index is 0.297. The molecule has 1 heterocycles. The fourth-order valence-electron chi connectivity index (χ4n) is 3.56. The highest BCUT2D eigenvalue weighted by Gasteiger charge is 2.31. The molecule has 4 heteroatoms. The van der Waals surface area contributed by atoms with Crippen molar-refractivity contribution in [2.45, 2.75) is 50.0 Å². The molecule has 2 aromatic rings. The maximum Gasteiger partial charge on any atom is 0.229 e. The molecule has 4 rings (SSSR count). The van der Waals surface area contributed by atoms with Crippen LogP contribution in [-0.2, 0) is 12.8 Å². The Morgan fingerprint density at radius 2 is 1.80 bits per heavy atom. The molecule has 104 valence electrons. The number of benzene rings is 1. The van der Waals surface area contributed by atoms with E-state index in [0.29, 0.717) is 17.9 Å². The SMILES string of the molecule is N[C@H]1CC[C@@H](c2nc(C3Cc4ccccc4C3)no2)C1. The third kappa shape index (κ3) is 2.04. The fraction of sp³-hybridized carbons (Fsp3) is 0.500. The molecular weight excluding hydrogens is 250 g/mol. The number of rotatable bonds is 2. The first-order chi connectivity index (χ1) is 9.79. The van der Waals surface area contributed by atoms with Gasteiger partial charge in [0.05, 0.1) is 0 Å².